The maximum absolute atomic E-state index is 13.0. The zero-order chi connectivity index (χ0) is 59.2. The normalized spacial score (nSPS) is 12.7. The summed E-state index contributed by atoms with van der Waals surface area (Å²) in [7, 11) is 0. The maximum Gasteiger partial charge on any atom is 0.306 e. The topological polar surface area (TPSA) is 78.9 Å². The molecule has 0 radical (unpaired) electrons. The highest BCUT2D eigenvalue weighted by molar-refractivity contribution is 5.71. The van der Waals surface area contributed by atoms with Crippen LogP contribution < -0.4 is 0 Å². The minimum absolute atomic E-state index is 0.0775. The van der Waals surface area contributed by atoms with Crippen LogP contribution in [0.4, 0.5) is 0 Å². The van der Waals surface area contributed by atoms with Gasteiger partial charge in [-0.25, -0.2) is 0 Å². The first kappa shape index (κ1) is 78.3. The molecule has 0 aromatic heterocycles. The van der Waals surface area contributed by atoms with Crippen molar-refractivity contribution in [2.45, 2.75) is 354 Å². The van der Waals surface area contributed by atoms with Crippen LogP contribution >= 0.6 is 0 Å². The van der Waals surface area contributed by atoms with E-state index in [1.807, 2.05) is 0 Å². The van der Waals surface area contributed by atoms with Crippen LogP contribution in [0, 0.1) is 0 Å². The third-order valence-corrected chi connectivity index (χ3v) is 15.3. The van der Waals surface area contributed by atoms with Crippen molar-refractivity contribution >= 4 is 17.9 Å². The van der Waals surface area contributed by atoms with Crippen molar-refractivity contribution in [3.05, 3.63) is 97.2 Å². The van der Waals surface area contributed by atoms with E-state index in [2.05, 4.69) is 118 Å². The van der Waals surface area contributed by atoms with Crippen molar-refractivity contribution in [3.8, 4) is 0 Å². The lowest BCUT2D eigenvalue weighted by atomic mass is 10.0. The number of rotatable bonds is 64. The Kier molecular flexibility index (Phi) is 66.7. The molecule has 0 aromatic carbocycles. The molecular weight excluding hydrogens is 1010 g/mol. The number of carbonyl (C=O) groups excluding carboxylic acids is 3. The van der Waals surface area contributed by atoms with E-state index in [1.165, 1.54) is 193 Å². The lowest BCUT2D eigenvalue weighted by Crippen LogP contribution is -2.30. The fraction of sp³-hybridized carbons (Fsp3) is 0.750. The van der Waals surface area contributed by atoms with E-state index in [1.54, 1.807) is 0 Å². The first-order chi connectivity index (χ1) is 40.5. The molecule has 0 aliphatic carbocycles. The second kappa shape index (κ2) is 69.8. The molecule has 0 saturated heterocycles. The standard InChI is InChI=1S/C76H132O6/c1-4-7-10-13-16-19-22-25-28-31-33-34-35-36-37-38-39-40-41-42-43-46-48-51-54-57-60-63-66-69-75(78)81-72-73(71-80-74(77)68-65-62-59-56-53-50-47-44-30-27-24-21-18-15-12-9-6-3)82-76(79)70-67-64-61-58-55-52-49-45-32-29-26-23-20-17-14-11-8-5-2/h7,9-10,12,16,18-19,21,25,27-28,30,33-34,36-37,73H,4-6,8,11,13-15,17,20,22-24,26,29,31-32,35,38-72H2,1-3H3/b10-7-,12-9-,19-16-,21-18-,28-25-,30-27-,34-33-,37-36-. The Hall–Kier alpha value is -3.67. The molecule has 0 N–H and O–H groups in total. The van der Waals surface area contributed by atoms with Crippen LogP contribution in [0.15, 0.2) is 97.2 Å². The second-order valence-corrected chi connectivity index (χ2v) is 23.4. The molecule has 0 aromatic rings. The highest BCUT2D eigenvalue weighted by Gasteiger charge is 2.19. The van der Waals surface area contributed by atoms with E-state index in [0.29, 0.717) is 19.3 Å². The summed E-state index contributed by atoms with van der Waals surface area (Å²) in [6.45, 7) is 6.46. The molecule has 0 aliphatic rings. The number of hydrogen-bond donors (Lipinski definition) is 0. The summed E-state index contributed by atoms with van der Waals surface area (Å²) in [6, 6.07) is 0. The average molecular weight is 1140 g/mol. The van der Waals surface area contributed by atoms with Crippen molar-refractivity contribution in [3.63, 3.8) is 0 Å². The van der Waals surface area contributed by atoms with Crippen LogP contribution in [-0.4, -0.2) is 37.2 Å². The lowest BCUT2D eigenvalue weighted by Gasteiger charge is -2.18. The van der Waals surface area contributed by atoms with Gasteiger partial charge in [-0.05, 0) is 96.3 Å². The van der Waals surface area contributed by atoms with Crippen LogP contribution in [0.2, 0.25) is 0 Å². The van der Waals surface area contributed by atoms with Crippen LogP contribution in [0.3, 0.4) is 0 Å². The summed E-state index contributed by atoms with van der Waals surface area (Å²) in [6.07, 6.45) is 94.3. The molecule has 0 amide bonds. The molecule has 0 saturated carbocycles. The highest BCUT2D eigenvalue weighted by Crippen LogP contribution is 2.18. The molecule has 0 spiro atoms. The fourth-order valence-electron chi connectivity index (χ4n) is 10.1. The van der Waals surface area contributed by atoms with E-state index in [-0.39, 0.29) is 31.1 Å². The molecule has 1 unspecified atom stereocenters. The van der Waals surface area contributed by atoms with Gasteiger partial charge < -0.3 is 14.2 Å². The first-order valence-electron chi connectivity index (χ1n) is 35.2. The molecule has 1 atom stereocenters. The molecule has 0 heterocycles. The Morgan fingerprint density at radius 2 is 0.476 bits per heavy atom. The van der Waals surface area contributed by atoms with Crippen molar-refractivity contribution in [2.24, 2.45) is 0 Å². The van der Waals surface area contributed by atoms with Crippen LogP contribution in [0.5, 0.6) is 0 Å². The zero-order valence-electron chi connectivity index (χ0n) is 54.2. The number of ether oxygens (including phenoxy) is 3. The Morgan fingerprint density at radius 1 is 0.256 bits per heavy atom. The third-order valence-electron chi connectivity index (χ3n) is 15.3. The maximum atomic E-state index is 13.0. The monoisotopic (exact) mass is 1140 g/mol. The van der Waals surface area contributed by atoms with Crippen LogP contribution in [0.1, 0.15) is 348 Å². The minimum atomic E-state index is -0.782. The van der Waals surface area contributed by atoms with Gasteiger partial charge >= 0.3 is 17.9 Å². The Labute approximate surface area is 508 Å². The minimum Gasteiger partial charge on any atom is -0.462 e. The SMILES string of the molecule is CC/C=C\C/C=C\C/C=C\C/C=C\C/C=C\CCCCCCCCCCCCCCCC(=O)OCC(COC(=O)CCCCCCCCC/C=C\C/C=C\C/C=C\CC)OC(=O)CCCCCCCCCCCCCCCCCCCC. The average Bonchev–Trinajstić information content (AvgIpc) is 3.47. The molecule has 6 nitrogen and oxygen atoms in total. The van der Waals surface area contributed by atoms with Gasteiger partial charge in [0.25, 0.3) is 0 Å². The van der Waals surface area contributed by atoms with Gasteiger partial charge in [-0.3, -0.25) is 14.4 Å². The van der Waals surface area contributed by atoms with Gasteiger partial charge in [0.2, 0.25) is 0 Å². The molecular formula is C76H132O6. The summed E-state index contributed by atoms with van der Waals surface area (Å²) in [4.78, 5) is 38.5. The zero-order valence-corrected chi connectivity index (χ0v) is 54.2. The highest BCUT2D eigenvalue weighted by atomic mass is 16.6. The molecule has 0 aliphatic heterocycles. The summed E-state index contributed by atoms with van der Waals surface area (Å²) in [5.74, 6) is -0.869. The molecule has 0 bridgehead atoms. The first-order valence-corrected chi connectivity index (χ1v) is 35.2. The van der Waals surface area contributed by atoms with E-state index < -0.39 is 6.10 Å². The number of esters is 3. The molecule has 0 rings (SSSR count). The summed E-state index contributed by atoms with van der Waals surface area (Å²) in [5, 5.41) is 0. The number of unbranched alkanes of at least 4 members (excludes halogenated alkanes) is 37. The van der Waals surface area contributed by atoms with Gasteiger partial charge in [0.15, 0.2) is 6.10 Å². The smallest absolute Gasteiger partial charge is 0.306 e. The van der Waals surface area contributed by atoms with Gasteiger partial charge in [-0.2, -0.15) is 0 Å². The van der Waals surface area contributed by atoms with E-state index >= 15 is 0 Å². The van der Waals surface area contributed by atoms with Gasteiger partial charge in [-0.1, -0.05) is 330 Å². The quantitative estimate of drug-likeness (QED) is 0.0261. The predicted molar refractivity (Wildman–Crippen MR) is 357 cm³/mol. The Bertz CT molecular complexity index is 1590. The number of carbonyl (C=O) groups is 3. The predicted octanol–water partition coefficient (Wildman–Crippen LogP) is 24.4. The molecule has 472 valence electrons. The van der Waals surface area contributed by atoms with Crippen molar-refractivity contribution in [1.82, 2.24) is 0 Å². The van der Waals surface area contributed by atoms with Crippen molar-refractivity contribution in [2.75, 3.05) is 13.2 Å². The third kappa shape index (κ3) is 67.1. The summed E-state index contributed by atoms with van der Waals surface area (Å²) >= 11 is 0. The van der Waals surface area contributed by atoms with Crippen LogP contribution in [-0.2, 0) is 28.6 Å². The summed E-state index contributed by atoms with van der Waals surface area (Å²) in [5.41, 5.74) is 0. The Morgan fingerprint density at radius 3 is 0.744 bits per heavy atom. The van der Waals surface area contributed by atoms with Gasteiger partial charge in [-0.15, -0.1) is 0 Å². The summed E-state index contributed by atoms with van der Waals surface area (Å²) < 4.78 is 17.0. The van der Waals surface area contributed by atoms with E-state index in [9.17, 15) is 14.4 Å². The van der Waals surface area contributed by atoms with Crippen molar-refractivity contribution in [1.29, 1.82) is 0 Å². The second-order valence-electron chi connectivity index (χ2n) is 23.4. The van der Waals surface area contributed by atoms with Gasteiger partial charge in [0.05, 0.1) is 0 Å². The number of allylic oxidation sites excluding steroid dienone is 16. The van der Waals surface area contributed by atoms with E-state index in [4.69, 9.17) is 14.2 Å². The number of hydrogen-bond acceptors (Lipinski definition) is 6. The Balaban J connectivity index is 4.29. The largest absolute Gasteiger partial charge is 0.462 e. The van der Waals surface area contributed by atoms with Gasteiger partial charge in [0, 0.05) is 19.3 Å². The van der Waals surface area contributed by atoms with Crippen molar-refractivity contribution < 1.29 is 28.6 Å². The van der Waals surface area contributed by atoms with E-state index in [0.717, 1.165) is 116 Å². The molecule has 0 fully saturated rings. The fourth-order valence-corrected chi connectivity index (χ4v) is 10.1. The van der Waals surface area contributed by atoms with Crippen LogP contribution in [0.25, 0.3) is 0 Å². The molecule has 6 heteroatoms. The molecule has 82 heavy (non-hydrogen) atoms. The lowest BCUT2D eigenvalue weighted by molar-refractivity contribution is -0.167. The van der Waals surface area contributed by atoms with Gasteiger partial charge in [0.1, 0.15) is 13.2 Å².